The summed E-state index contributed by atoms with van der Waals surface area (Å²) in [7, 11) is -3.41. The van der Waals surface area contributed by atoms with Crippen molar-refractivity contribution >= 4 is 15.7 Å². The fraction of sp³-hybridized carbons (Fsp3) is 0.571. The Bertz CT molecular complexity index is 562. The maximum Gasteiger partial charge on any atom is 0.243 e. The van der Waals surface area contributed by atoms with Crippen LogP contribution >= 0.6 is 0 Å². The molecule has 1 aliphatic rings. The Morgan fingerprint density at radius 3 is 2.16 bits per heavy atom. The van der Waals surface area contributed by atoms with Crippen molar-refractivity contribution in [3.8, 4) is 0 Å². The third-order valence-corrected chi connectivity index (χ3v) is 6.08. The molecular weight excluding hydrogens is 260 g/mol. The van der Waals surface area contributed by atoms with Crippen LogP contribution in [0.4, 0.5) is 5.69 Å². The highest BCUT2D eigenvalue weighted by Crippen LogP contribution is 2.30. The molecule has 1 aromatic carbocycles. The van der Waals surface area contributed by atoms with Crippen LogP contribution in [-0.4, -0.2) is 25.8 Å². The molecule has 2 rings (SSSR count). The predicted molar refractivity (Wildman–Crippen MR) is 77.4 cm³/mol. The first-order valence-electron chi connectivity index (χ1n) is 6.60. The van der Waals surface area contributed by atoms with Crippen molar-refractivity contribution in [3.63, 3.8) is 0 Å². The quantitative estimate of drug-likeness (QED) is 0.845. The molecule has 1 saturated heterocycles. The first-order valence-corrected chi connectivity index (χ1v) is 8.04. The summed E-state index contributed by atoms with van der Waals surface area (Å²) in [5.74, 6) is 0.803. The highest BCUT2D eigenvalue weighted by atomic mass is 32.2. The van der Waals surface area contributed by atoms with E-state index in [1.807, 2.05) is 13.8 Å². The van der Waals surface area contributed by atoms with Crippen LogP contribution in [0.15, 0.2) is 17.0 Å². The van der Waals surface area contributed by atoms with E-state index >= 15 is 0 Å². The smallest absolute Gasteiger partial charge is 0.243 e. The van der Waals surface area contributed by atoms with Crippen molar-refractivity contribution in [2.24, 2.45) is 11.8 Å². The fourth-order valence-corrected chi connectivity index (χ4v) is 4.19. The van der Waals surface area contributed by atoms with Gasteiger partial charge in [0.1, 0.15) is 0 Å². The van der Waals surface area contributed by atoms with E-state index in [2.05, 4.69) is 13.8 Å². The summed E-state index contributed by atoms with van der Waals surface area (Å²) in [6.45, 7) is 9.16. The van der Waals surface area contributed by atoms with Gasteiger partial charge < -0.3 is 5.73 Å². The molecule has 0 aromatic heterocycles. The summed E-state index contributed by atoms with van der Waals surface area (Å²) in [4.78, 5) is 0.314. The lowest BCUT2D eigenvalue weighted by atomic mass is 10.0. The minimum Gasteiger partial charge on any atom is -0.398 e. The Kier molecular flexibility index (Phi) is 3.62. The lowest BCUT2D eigenvalue weighted by molar-refractivity contribution is 0.463. The van der Waals surface area contributed by atoms with E-state index in [-0.39, 0.29) is 0 Å². The van der Waals surface area contributed by atoms with Crippen LogP contribution in [0.1, 0.15) is 25.0 Å². The van der Waals surface area contributed by atoms with Crippen LogP contribution in [0.3, 0.4) is 0 Å². The van der Waals surface area contributed by atoms with E-state index in [9.17, 15) is 8.42 Å². The van der Waals surface area contributed by atoms with Crippen LogP contribution in [0.2, 0.25) is 0 Å². The first kappa shape index (κ1) is 14.3. The third kappa shape index (κ3) is 2.49. The zero-order valence-corrected chi connectivity index (χ0v) is 12.8. The predicted octanol–water partition coefficient (Wildman–Crippen LogP) is 2.16. The average Bonchev–Trinajstić information content (AvgIpc) is 2.66. The first-order chi connectivity index (χ1) is 8.73. The van der Waals surface area contributed by atoms with E-state index < -0.39 is 10.0 Å². The molecule has 0 amide bonds. The van der Waals surface area contributed by atoms with Crippen molar-refractivity contribution in [1.29, 1.82) is 0 Å². The third-order valence-electron chi connectivity index (χ3n) is 4.27. The number of nitrogens with two attached hydrogens (primary N) is 1. The number of aryl methyl sites for hydroxylation is 1. The van der Waals surface area contributed by atoms with Crippen LogP contribution in [-0.2, 0) is 10.0 Å². The van der Waals surface area contributed by atoms with Gasteiger partial charge in [-0.15, -0.1) is 0 Å². The minimum absolute atomic E-state index is 0.314. The van der Waals surface area contributed by atoms with Crippen LogP contribution < -0.4 is 5.73 Å². The van der Waals surface area contributed by atoms with Gasteiger partial charge in [-0.05, 0) is 48.9 Å². The molecule has 19 heavy (non-hydrogen) atoms. The monoisotopic (exact) mass is 282 g/mol. The number of benzene rings is 1. The summed E-state index contributed by atoms with van der Waals surface area (Å²) < 4.78 is 26.8. The van der Waals surface area contributed by atoms with Gasteiger partial charge in [-0.2, -0.15) is 4.31 Å². The molecule has 1 fully saturated rings. The summed E-state index contributed by atoms with van der Waals surface area (Å²) in [6.07, 6.45) is 0. The molecule has 0 aliphatic carbocycles. The molecule has 0 radical (unpaired) electrons. The lowest BCUT2D eigenvalue weighted by Gasteiger charge is -2.17. The second-order valence-electron chi connectivity index (χ2n) is 5.73. The molecule has 5 heteroatoms. The molecule has 1 heterocycles. The molecule has 1 aliphatic heterocycles. The number of sulfonamides is 1. The van der Waals surface area contributed by atoms with Gasteiger partial charge in [-0.25, -0.2) is 8.42 Å². The van der Waals surface area contributed by atoms with Crippen LogP contribution in [0, 0.1) is 25.7 Å². The van der Waals surface area contributed by atoms with Gasteiger partial charge in [0.15, 0.2) is 0 Å². The van der Waals surface area contributed by atoms with Gasteiger partial charge in [-0.3, -0.25) is 0 Å². The van der Waals surface area contributed by atoms with Gasteiger partial charge in [0.05, 0.1) is 4.90 Å². The Balaban J connectivity index is 2.41. The van der Waals surface area contributed by atoms with Crippen molar-refractivity contribution in [2.45, 2.75) is 32.6 Å². The molecule has 2 N–H and O–H groups in total. The van der Waals surface area contributed by atoms with Gasteiger partial charge >= 0.3 is 0 Å². The average molecular weight is 282 g/mol. The fourth-order valence-electron chi connectivity index (χ4n) is 2.42. The molecule has 2 atom stereocenters. The number of hydrogen-bond acceptors (Lipinski definition) is 3. The molecule has 4 nitrogen and oxygen atoms in total. The van der Waals surface area contributed by atoms with Crippen LogP contribution in [0.25, 0.3) is 0 Å². The van der Waals surface area contributed by atoms with Gasteiger partial charge in [0, 0.05) is 18.8 Å². The molecule has 0 saturated carbocycles. The van der Waals surface area contributed by atoms with Gasteiger partial charge in [-0.1, -0.05) is 13.8 Å². The van der Waals surface area contributed by atoms with E-state index in [0.717, 1.165) is 11.1 Å². The Morgan fingerprint density at radius 2 is 1.68 bits per heavy atom. The van der Waals surface area contributed by atoms with Crippen LogP contribution in [0.5, 0.6) is 0 Å². The van der Waals surface area contributed by atoms with E-state index in [0.29, 0.717) is 35.5 Å². The summed E-state index contributed by atoms with van der Waals surface area (Å²) in [5, 5.41) is 0. The SMILES string of the molecule is Cc1cc(S(=O)(=O)N2CC(C)C(C)C2)cc(N)c1C. The number of nitrogens with zero attached hydrogens (tertiary/aromatic N) is 1. The van der Waals surface area contributed by atoms with Crippen molar-refractivity contribution in [2.75, 3.05) is 18.8 Å². The van der Waals surface area contributed by atoms with Crippen molar-refractivity contribution in [3.05, 3.63) is 23.3 Å². The standard InChI is InChI=1S/C14H22N2O2S/c1-9-5-13(6-14(15)12(9)4)19(17,18)16-7-10(2)11(3)8-16/h5-6,10-11H,7-8,15H2,1-4H3. The summed E-state index contributed by atoms with van der Waals surface area (Å²) in [6, 6.07) is 3.29. The normalized spacial score (nSPS) is 24.8. The molecule has 0 spiro atoms. The number of anilines is 1. The number of hydrogen-bond donors (Lipinski definition) is 1. The molecule has 0 bridgehead atoms. The van der Waals surface area contributed by atoms with E-state index in [1.54, 1.807) is 16.4 Å². The minimum atomic E-state index is -3.41. The molecule has 106 valence electrons. The highest BCUT2D eigenvalue weighted by molar-refractivity contribution is 7.89. The maximum atomic E-state index is 12.6. The maximum absolute atomic E-state index is 12.6. The topological polar surface area (TPSA) is 63.4 Å². The zero-order valence-electron chi connectivity index (χ0n) is 12.0. The summed E-state index contributed by atoms with van der Waals surface area (Å²) in [5.41, 5.74) is 8.29. The zero-order chi connectivity index (χ0) is 14.4. The summed E-state index contributed by atoms with van der Waals surface area (Å²) >= 11 is 0. The molecule has 2 unspecified atom stereocenters. The molecule has 1 aromatic rings. The second-order valence-corrected chi connectivity index (χ2v) is 7.67. The second kappa shape index (κ2) is 4.80. The Hall–Kier alpha value is -1.07. The van der Waals surface area contributed by atoms with Gasteiger partial charge in [0.25, 0.3) is 0 Å². The van der Waals surface area contributed by atoms with E-state index in [1.165, 1.54) is 0 Å². The number of rotatable bonds is 2. The molecular formula is C14H22N2O2S. The van der Waals surface area contributed by atoms with E-state index in [4.69, 9.17) is 5.73 Å². The Labute approximate surface area is 115 Å². The van der Waals surface area contributed by atoms with Crippen molar-refractivity contribution < 1.29 is 8.42 Å². The highest BCUT2D eigenvalue weighted by Gasteiger charge is 2.35. The lowest BCUT2D eigenvalue weighted by Crippen LogP contribution is -2.29. The number of nitrogen functional groups attached to an aromatic ring is 1. The van der Waals surface area contributed by atoms with Crippen molar-refractivity contribution in [1.82, 2.24) is 4.31 Å². The van der Waals surface area contributed by atoms with Gasteiger partial charge in [0.2, 0.25) is 10.0 Å². The largest absolute Gasteiger partial charge is 0.398 e. The Morgan fingerprint density at radius 1 is 1.16 bits per heavy atom.